The van der Waals surface area contributed by atoms with Gasteiger partial charge in [0.1, 0.15) is 6.54 Å². The second-order valence-corrected chi connectivity index (χ2v) is 4.21. The topological polar surface area (TPSA) is 107 Å². The molecule has 0 amide bonds. The van der Waals surface area contributed by atoms with Gasteiger partial charge in [0.25, 0.3) is 0 Å². The Morgan fingerprint density at radius 3 is 2.36 bits per heavy atom. The Kier molecular flexibility index (Phi) is 5.25. The molecule has 0 aliphatic rings. The van der Waals surface area contributed by atoms with E-state index in [1.165, 1.54) is 0 Å². The minimum atomic E-state index is -4.67. The van der Waals surface area contributed by atoms with Crippen LogP contribution in [0.5, 0.6) is 0 Å². The Morgan fingerprint density at radius 2 is 2.07 bits per heavy atom. The van der Waals surface area contributed by atoms with Crippen molar-refractivity contribution in [3.8, 4) is 0 Å². The van der Waals surface area contributed by atoms with Crippen molar-refractivity contribution in [1.82, 2.24) is 4.83 Å². The standard InChI is InChI=1S/C6H14NO6P/c1-3-5(2)13-7(4-6(8)9)14(10,11)12/h5H,3-4H2,1-2H3,(H,8,9)(H2,10,11,12). The minimum absolute atomic E-state index is 0.184. The molecule has 84 valence electrons. The average Bonchev–Trinajstić information content (AvgIpc) is 2.00. The van der Waals surface area contributed by atoms with E-state index in [0.717, 1.165) is 0 Å². The van der Waals surface area contributed by atoms with E-state index in [-0.39, 0.29) is 4.83 Å². The van der Waals surface area contributed by atoms with Crippen LogP contribution in [-0.4, -0.2) is 38.3 Å². The molecule has 0 saturated heterocycles. The zero-order chi connectivity index (χ0) is 11.4. The van der Waals surface area contributed by atoms with Crippen LogP contribution in [0, 0.1) is 0 Å². The van der Waals surface area contributed by atoms with E-state index in [2.05, 4.69) is 0 Å². The first-order valence-electron chi connectivity index (χ1n) is 3.99. The quantitative estimate of drug-likeness (QED) is 0.439. The summed E-state index contributed by atoms with van der Waals surface area (Å²) in [5, 5.41) is 8.37. The lowest BCUT2D eigenvalue weighted by atomic mass is 10.3. The number of rotatable bonds is 6. The van der Waals surface area contributed by atoms with E-state index >= 15 is 0 Å². The van der Waals surface area contributed by atoms with Gasteiger partial charge in [-0.05, 0) is 13.3 Å². The van der Waals surface area contributed by atoms with Gasteiger partial charge in [0, 0.05) is 0 Å². The third-order valence-electron chi connectivity index (χ3n) is 1.44. The molecule has 0 aliphatic carbocycles. The Bertz CT molecular complexity index is 238. The van der Waals surface area contributed by atoms with Crippen molar-refractivity contribution < 1.29 is 29.1 Å². The van der Waals surface area contributed by atoms with Crippen molar-refractivity contribution >= 4 is 13.7 Å². The maximum atomic E-state index is 10.8. The summed E-state index contributed by atoms with van der Waals surface area (Å²) >= 11 is 0. The van der Waals surface area contributed by atoms with Crippen molar-refractivity contribution in [1.29, 1.82) is 0 Å². The lowest BCUT2D eigenvalue weighted by Crippen LogP contribution is -2.30. The van der Waals surface area contributed by atoms with Gasteiger partial charge in [-0.2, -0.15) is 0 Å². The number of carbonyl (C=O) groups is 1. The van der Waals surface area contributed by atoms with Crippen molar-refractivity contribution in [3.63, 3.8) is 0 Å². The maximum absolute atomic E-state index is 10.8. The normalized spacial score (nSPS) is 14.4. The fourth-order valence-corrected chi connectivity index (χ4v) is 1.18. The fraction of sp³-hybridized carbons (Fsp3) is 0.833. The monoisotopic (exact) mass is 227 g/mol. The predicted molar refractivity (Wildman–Crippen MR) is 47.2 cm³/mol. The molecule has 0 heterocycles. The van der Waals surface area contributed by atoms with Crippen LogP contribution in [0.4, 0.5) is 0 Å². The maximum Gasteiger partial charge on any atom is 0.426 e. The molecule has 0 radical (unpaired) electrons. The minimum Gasteiger partial charge on any atom is -0.480 e. The van der Waals surface area contributed by atoms with Crippen molar-refractivity contribution in [2.75, 3.05) is 6.54 Å². The van der Waals surface area contributed by atoms with Gasteiger partial charge in [-0.3, -0.25) is 9.63 Å². The molecule has 0 spiro atoms. The molecule has 7 nitrogen and oxygen atoms in total. The summed E-state index contributed by atoms with van der Waals surface area (Å²) in [7, 11) is -4.67. The van der Waals surface area contributed by atoms with E-state index in [0.29, 0.717) is 6.42 Å². The molecule has 14 heavy (non-hydrogen) atoms. The summed E-state index contributed by atoms with van der Waals surface area (Å²) in [6, 6.07) is 0. The van der Waals surface area contributed by atoms with Crippen LogP contribution >= 0.6 is 7.75 Å². The summed E-state index contributed by atoms with van der Waals surface area (Å²) < 4.78 is 10.8. The molecule has 0 rings (SSSR count). The number of hydroxylamine groups is 1. The number of carboxylic acid groups (broad SMARTS) is 1. The van der Waals surface area contributed by atoms with Gasteiger partial charge in [0.05, 0.1) is 6.10 Å². The van der Waals surface area contributed by atoms with Crippen LogP contribution < -0.4 is 0 Å². The Balaban J connectivity index is 4.41. The first kappa shape index (κ1) is 13.5. The number of aliphatic carboxylic acids is 1. The lowest BCUT2D eigenvalue weighted by molar-refractivity contribution is -0.166. The van der Waals surface area contributed by atoms with E-state index in [1.807, 2.05) is 0 Å². The molecule has 3 N–H and O–H groups in total. The Labute approximate surface area is 81.5 Å². The zero-order valence-corrected chi connectivity index (χ0v) is 8.85. The van der Waals surface area contributed by atoms with Crippen LogP contribution in [0.15, 0.2) is 0 Å². The van der Waals surface area contributed by atoms with Gasteiger partial charge in [0.2, 0.25) is 0 Å². The number of hydrogen-bond acceptors (Lipinski definition) is 3. The number of nitrogens with zero attached hydrogens (tertiary/aromatic N) is 1. The second kappa shape index (κ2) is 5.43. The van der Waals surface area contributed by atoms with Gasteiger partial charge < -0.3 is 14.9 Å². The van der Waals surface area contributed by atoms with Crippen LogP contribution in [0.25, 0.3) is 0 Å². The fourth-order valence-electron chi connectivity index (χ4n) is 0.589. The summed E-state index contributed by atoms with van der Waals surface area (Å²) in [6.45, 7) is 2.49. The molecule has 8 heteroatoms. The highest BCUT2D eigenvalue weighted by atomic mass is 31.2. The van der Waals surface area contributed by atoms with E-state index in [9.17, 15) is 9.36 Å². The van der Waals surface area contributed by atoms with Crippen molar-refractivity contribution in [3.05, 3.63) is 0 Å². The highest BCUT2D eigenvalue weighted by Crippen LogP contribution is 2.40. The van der Waals surface area contributed by atoms with Crippen LogP contribution in [-0.2, 0) is 14.2 Å². The highest BCUT2D eigenvalue weighted by Gasteiger charge is 2.30. The van der Waals surface area contributed by atoms with Crippen LogP contribution in [0.2, 0.25) is 0 Å². The summed E-state index contributed by atoms with van der Waals surface area (Å²) in [5.41, 5.74) is 0. The van der Waals surface area contributed by atoms with Gasteiger partial charge in [-0.15, -0.1) is 0 Å². The molecule has 0 saturated carbocycles. The summed E-state index contributed by atoms with van der Waals surface area (Å²) in [5.74, 6) is -1.36. The third-order valence-corrected chi connectivity index (χ3v) is 2.25. The molecular formula is C6H14NO6P. The molecule has 0 aromatic rings. The molecule has 1 atom stereocenters. The van der Waals surface area contributed by atoms with Gasteiger partial charge in [0.15, 0.2) is 0 Å². The molecule has 0 aliphatic heterocycles. The Hall–Kier alpha value is -0.460. The summed E-state index contributed by atoms with van der Waals surface area (Å²) in [6.07, 6.45) is 0.0813. The molecule has 0 aromatic carbocycles. The van der Waals surface area contributed by atoms with Gasteiger partial charge in [-0.1, -0.05) is 11.8 Å². The second-order valence-electron chi connectivity index (χ2n) is 2.74. The lowest BCUT2D eigenvalue weighted by Gasteiger charge is -2.23. The first-order chi connectivity index (χ1) is 6.27. The predicted octanol–water partition coefficient (Wildman–Crippen LogP) is 0.196. The van der Waals surface area contributed by atoms with Crippen molar-refractivity contribution in [2.24, 2.45) is 0 Å². The smallest absolute Gasteiger partial charge is 0.426 e. The number of hydrogen-bond donors (Lipinski definition) is 3. The van der Waals surface area contributed by atoms with Crippen LogP contribution in [0.3, 0.4) is 0 Å². The van der Waals surface area contributed by atoms with E-state index < -0.39 is 26.4 Å². The van der Waals surface area contributed by atoms with Gasteiger partial charge in [-0.25, -0.2) is 4.57 Å². The Morgan fingerprint density at radius 1 is 1.57 bits per heavy atom. The first-order valence-corrected chi connectivity index (χ1v) is 5.56. The van der Waals surface area contributed by atoms with Crippen LogP contribution in [0.1, 0.15) is 20.3 Å². The molecule has 0 fully saturated rings. The molecule has 0 aromatic heterocycles. The zero-order valence-electron chi connectivity index (χ0n) is 7.95. The van der Waals surface area contributed by atoms with E-state index in [1.54, 1.807) is 13.8 Å². The molecule has 0 bridgehead atoms. The number of carboxylic acids is 1. The largest absolute Gasteiger partial charge is 0.480 e. The third kappa shape index (κ3) is 5.31. The molecular weight excluding hydrogens is 213 g/mol. The van der Waals surface area contributed by atoms with E-state index in [4.69, 9.17) is 19.7 Å². The average molecular weight is 227 g/mol. The van der Waals surface area contributed by atoms with Crippen molar-refractivity contribution in [2.45, 2.75) is 26.4 Å². The SMILES string of the molecule is CCC(C)ON(CC(=O)O)P(=O)(O)O. The molecule has 1 unspecified atom stereocenters. The summed E-state index contributed by atoms with van der Waals surface area (Å²) in [4.78, 5) is 32.6. The van der Waals surface area contributed by atoms with Gasteiger partial charge >= 0.3 is 13.7 Å². The highest BCUT2D eigenvalue weighted by molar-refractivity contribution is 7.48.